The van der Waals surface area contributed by atoms with Crippen molar-refractivity contribution in [3.63, 3.8) is 0 Å². The topological polar surface area (TPSA) is 90.0 Å². The highest BCUT2D eigenvalue weighted by Gasteiger charge is 2.22. The SMILES string of the molecule is Cc1ccc(C)c(S(=O)(=O)Nc2cnn(C(C)C)c2)c1N. The summed E-state index contributed by atoms with van der Waals surface area (Å²) in [7, 11) is -3.74. The highest BCUT2D eigenvalue weighted by molar-refractivity contribution is 7.93. The van der Waals surface area contributed by atoms with Crippen LogP contribution >= 0.6 is 0 Å². The van der Waals surface area contributed by atoms with Gasteiger partial charge in [0, 0.05) is 12.2 Å². The Hall–Kier alpha value is -2.02. The predicted molar refractivity (Wildman–Crippen MR) is 83.7 cm³/mol. The van der Waals surface area contributed by atoms with Gasteiger partial charge in [-0.2, -0.15) is 5.10 Å². The Morgan fingerprint density at radius 3 is 2.43 bits per heavy atom. The van der Waals surface area contributed by atoms with Crippen molar-refractivity contribution in [2.45, 2.75) is 38.6 Å². The number of nitrogens with one attached hydrogen (secondary N) is 1. The maximum atomic E-state index is 12.5. The molecule has 0 bridgehead atoms. The van der Waals surface area contributed by atoms with E-state index in [1.165, 1.54) is 6.20 Å². The van der Waals surface area contributed by atoms with E-state index in [-0.39, 0.29) is 16.6 Å². The number of benzene rings is 1. The smallest absolute Gasteiger partial charge is 0.264 e. The molecule has 1 heterocycles. The van der Waals surface area contributed by atoms with E-state index in [2.05, 4.69) is 9.82 Å². The second-order valence-corrected chi connectivity index (χ2v) is 6.97. The third-order valence-electron chi connectivity index (χ3n) is 3.26. The molecule has 1 aromatic heterocycles. The first kappa shape index (κ1) is 15.4. The van der Waals surface area contributed by atoms with Crippen LogP contribution in [0.15, 0.2) is 29.4 Å². The number of rotatable bonds is 4. The molecule has 114 valence electrons. The van der Waals surface area contributed by atoms with Gasteiger partial charge >= 0.3 is 0 Å². The summed E-state index contributed by atoms with van der Waals surface area (Å²) in [5.74, 6) is 0. The summed E-state index contributed by atoms with van der Waals surface area (Å²) < 4.78 is 29.3. The lowest BCUT2D eigenvalue weighted by molar-refractivity contribution is 0.532. The highest BCUT2D eigenvalue weighted by Crippen LogP contribution is 2.27. The van der Waals surface area contributed by atoms with Gasteiger partial charge in [0.2, 0.25) is 0 Å². The number of hydrogen-bond acceptors (Lipinski definition) is 4. The van der Waals surface area contributed by atoms with Gasteiger partial charge in [-0.1, -0.05) is 12.1 Å². The molecular formula is C14H20N4O2S. The normalized spacial score (nSPS) is 11.9. The fraction of sp³-hybridized carbons (Fsp3) is 0.357. The van der Waals surface area contributed by atoms with Gasteiger partial charge in [-0.05, 0) is 38.8 Å². The second kappa shape index (κ2) is 5.40. The first-order valence-electron chi connectivity index (χ1n) is 6.65. The summed E-state index contributed by atoms with van der Waals surface area (Å²) in [5, 5.41) is 4.11. The van der Waals surface area contributed by atoms with Gasteiger partial charge < -0.3 is 5.73 Å². The number of nitrogen functional groups attached to an aromatic ring is 1. The fourth-order valence-electron chi connectivity index (χ4n) is 2.04. The monoisotopic (exact) mass is 308 g/mol. The Labute approximate surface area is 125 Å². The molecule has 0 saturated heterocycles. The largest absolute Gasteiger partial charge is 0.397 e. The minimum atomic E-state index is -3.74. The average Bonchev–Trinajstić information content (AvgIpc) is 2.82. The number of aryl methyl sites for hydroxylation is 2. The van der Waals surface area contributed by atoms with Crippen molar-refractivity contribution in [1.29, 1.82) is 0 Å². The molecule has 1 aromatic carbocycles. The highest BCUT2D eigenvalue weighted by atomic mass is 32.2. The van der Waals surface area contributed by atoms with Gasteiger partial charge in [-0.3, -0.25) is 9.40 Å². The van der Waals surface area contributed by atoms with Crippen molar-refractivity contribution in [3.05, 3.63) is 35.7 Å². The van der Waals surface area contributed by atoms with Crippen LogP contribution in [0.4, 0.5) is 11.4 Å². The van der Waals surface area contributed by atoms with E-state index in [0.717, 1.165) is 5.56 Å². The first-order chi connectivity index (χ1) is 9.72. The zero-order valence-electron chi connectivity index (χ0n) is 12.6. The predicted octanol–water partition coefficient (Wildman–Crippen LogP) is 2.46. The maximum Gasteiger partial charge on any atom is 0.264 e. The molecule has 21 heavy (non-hydrogen) atoms. The molecule has 7 heteroatoms. The van der Waals surface area contributed by atoms with E-state index in [1.54, 1.807) is 36.9 Å². The van der Waals surface area contributed by atoms with Crippen LogP contribution in [0.1, 0.15) is 31.0 Å². The number of aromatic nitrogens is 2. The number of nitrogens with two attached hydrogens (primary N) is 1. The molecule has 2 aromatic rings. The maximum absolute atomic E-state index is 12.5. The Morgan fingerprint density at radius 2 is 1.86 bits per heavy atom. The third kappa shape index (κ3) is 3.02. The summed E-state index contributed by atoms with van der Waals surface area (Å²) in [5.41, 5.74) is 7.98. The van der Waals surface area contributed by atoms with Crippen molar-refractivity contribution in [1.82, 2.24) is 9.78 Å². The molecule has 0 spiro atoms. The van der Waals surface area contributed by atoms with Crippen LogP contribution < -0.4 is 10.5 Å². The van der Waals surface area contributed by atoms with E-state index in [4.69, 9.17) is 5.73 Å². The zero-order chi connectivity index (χ0) is 15.8. The summed E-state index contributed by atoms with van der Waals surface area (Å²) in [6.45, 7) is 7.44. The molecule has 0 saturated carbocycles. The van der Waals surface area contributed by atoms with E-state index in [1.807, 2.05) is 13.8 Å². The molecule has 0 aliphatic rings. The Bertz CT molecular complexity index is 763. The Kier molecular flexibility index (Phi) is 3.95. The zero-order valence-corrected chi connectivity index (χ0v) is 13.4. The molecule has 0 radical (unpaired) electrons. The molecule has 0 amide bonds. The van der Waals surface area contributed by atoms with Crippen molar-refractivity contribution in [2.75, 3.05) is 10.5 Å². The van der Waals surface area contributed by atoms with Crippen molar-refractivity contribution in [2.24, 2.45) is 0 Å². The molecular weight excluding hydrogens is 288 g/mol. The fourth-order valence-corrected chi connectivity index (χ4v) is 3.50. The van der Waals surface area contributed by atoms with Crippen LogP contribution in [0.5, 0.6) is 0 Å². The van der Waals surface area contributed by atoms with Crippen molar-refractivity contribution >= 4 is 21.4 Å². The number of anilines is 2. The van der Waals surface area contributed by atoms with Crippen molar-refractivity contribution in [3.8, 4) is 0 Å². The second-order valence-electron chi connectivity index (χ2n) is 5.35. The third-order valence-corrected chi connectivity index (χ3v) is 4.85. The lowest BCUT2D eigenvalue weighted by atomic mass is 10.1. The molecule has 6 nitrogen and oxygen atoms in total. The van der Waals surface area contributed by atoms with Crippen LogP contribution in [0, 0.1) is 13.8 Å². The lowest BCUT2D eigenvalue weighted by Crippen LogP contribution is -2.16. The average molecular weight is 308 g/mol. The molecule has 3 N–H and O–H groups in total. The van der Waals surface area contributed by atoms with E-state index >= 15 is 0 Å². The number of hydrogen-bond donors (Lipinski definition) is 2. The summed E-state index contributed by atoms with van der Waals surface area (Å²) in [6.07, 6.45) is 3.14. The number of sulfonamides is 1. The lowest BCUT2D eigenvalue weighted by Gasteiger charge is -2.13. The minimum absolute atomic E-state index is 0.125. The van der Waals surface area contributed by atoms with Gasteiger partial charge in [0.15, 0.2) is 0 Å². The summed E-state index contributed by atoms with van der Waals surface area (Å²) in [6, 6.07) is 3.71. The molecule has 0 atom stereocenters. The summed E-state index contributed by atoms with van der Waals surface area (Å²) >= 11 is 0. The van der Waals surface area contributed by atoms with Gasteiger partial charge in [-0.15, -0.1) is 0 Å². The van der Waals surface area contributed by atoms with Gasteiger partial charge in [0.1, 0.15) is 4.90 Å². The molecule has 0 unspecified atom stereocenters. The van der Waals surface area contributed by atoms with Crippen LogP contribution in [0.25, 0.3) is 0 Å². The van der Waals surface area contributed by atoms with Gasteiger partial charge in [0.25, 0.3) is 10.0 Å². The van der Waals surface area contributed by atoms with Crippen molar-refractivity contribution < 1.29 is 8.42 Å². The van der Waals surface area contributed by atoms with Gasteiger partial charge in [0.05, 0.1) is 17.6 Å². The van der Waals surface area contributed by atoms with E-state index in [0.29, 0.717) is 11.3 Å². The van der Waals surface area contributed by atoms with Crippen LogP contribution in [-0.2, 0) is 10.0 Å². The van der Waals surface area contributed by atoms with Gasteiger partial charge in [-0.25, -0.2) is 8.42 Å². The van der Waals surface area contributed by atoms with Crippen LogP contribution in [-0.4, -0.2) is 18.2 Å². The Morgan fingerprint density at radius 1 is 1.24 bits per heavy atom. The standard InChI is InChI=1S/C14H20N4O2S/c1-9(2)18-8-12(7-16-18)17-21(19,20)14-11(4)6-5-10(3)13(14)15/h5-9,17H,15H2,1-4H3. The number of nitrogens with zero attached hydrogens (tertiary/aromatic N) is 2. The van der Waals surface area contributed by atoms with Crippen LogP contribution in [0.2, 0.25) is 0 Å². The first-order valence-corrected chi connectivity index (χ1v) is 8.13. The molecule has 0 aliphatic carbocycles. The van der Waals surface area contributed by atoms with E-state index < -0.39 is 10.0 Å². The van der Waals surface area contributed by atoms with Crippen LogP contribution in [0.3, 0.4) is 0 Å². The van der Waals surface area contributed by atoms with E-state index in [9.17, 15) is 8.42 Å². The molecule has 0 aliphatic heterocycles. The Balaban J connectivity index is 2.41. The minimum Gasteiger partial charge on any atom is -0.397 e. The molecule has 0 fully saturated rings. The molecule has 2 rings (SSSR count). The summed E-state index contributed by atoms with van der Waals surface area (Å²) in [4.78, 5) is 0.125. The quantitative estimate of drug-likeness (QED) is 0.849.